The summed E-state index contributed by atoms with van der Waals surface area (Å²) in [5, 5.41) is 0. The average Bonchev–Trinajstić information content (AvgIpc) is 2.40. The summed E-state index contributed by atoms with van der Waals surface area (Å²) < 4.78 is 6.09. The lowest BCUT2D eigenvalue weighted by Gasteiger charge is -2.11. The van der Waals surface area contributed by atoms with Crippen LogP contribution in [0.5, 0.6) is 0 Å². The fourth-order valence-electron chi connectivity index (χ4n) is 2.06. The van der Waals surface area contributed by atoms with Crippen molar-refractivity contribution >= 4 is 21.9 Å². The average molecular weight is 334 g/mol. The molecule has 0 aliphatic carbocycles. The fraction of sp³-hybridized carbons (Fsp3) is 0.250. The maximum Gasteiger partial charge on any atom is 0.339 e. The van der Waals surface area contributed by atoms with Crippen LogP contribution in [0.1, 0.15) is 28.7 Å². The molecule has 0 aliphatic heterocycles. The van der Waals surface area contributed by atoms with Crippen molar-refractivity contribution in [2.24, 2.45) is 0 Å². The van der Waals surface area contributed by atoms with E-state index in [2.05, 4.69) is 20.9 Å². The van der Waals surface area contributed by atoms with Crippen LogP contribution in [-0.2, 0) is 4.74 Å². The lowest BCUT2D eigenvalue weighted by Crippen LogP contribution is -2.09. The molecule has 1 heterocycles. The van der Waals surface area contributed by atoms with Crippen LogP contribution < -0.4 is 0 Å². The Bertz CT molecular complexity index is 636. The van der Waals surface area contributed by atoms with Crippen LogP contribution in [-0.4, -0.2) is 17.6 Å². The number of aryl methyl sites for hydroxylation is 2. The highest BCUT2D eigenvalue weighted by Crippen LogP contribution is 2.26. The van der Waals surface area contributed by atoms with Gasteiger partial charge in [0.2, 0.25) is 0 Å². The number of hydrogen-bond donors (Lipinski definition) is 0. The first-order chi connectivity index (χ1) is 9.52. The number of nitrogens with zero attached hydrogens (tertiary/aromatic N) is 1. The summed E-state index contributed by atoms with van der Waals surface area (Å²) in [4.78, 5) is 16.4. The third-order valence-electron chi connectivity index (χ3n) is 3.05. The van der Waals surface area contributed by atoms with Gasteiger partial charge in [0.05, 0.1) is 17.9 Å². The van der Waals surface area contributed by atoms with Gasteiger partial charge in [-0.1, -0.05) is 28.1 Å². The molecule has 0 fully saturated rings. The molecule has 2 aromatic rings. The van der Waals surface area contributed by atoms with Crippen LogP contribution in [0.25, 0.3) is 11.1 Å². The SMILES string of the molecule is CCOC(=O)c1cc(-c2ccc(Br)cc2)c(C)nc1C. The molecule has 0 saturated carbocycles. The van der Waals surface area contributed by atoms with Crippen molar-refractivity contribution in [2.75, 3.05) is 6.61 Å². The van der Waals surface area contributed by atoms with Gasteiger partial charge in [-0.15, -0.1) is 0 Å². The highest BCUT2D eigenvalue weighted by Gasteiger charge is 2.15. The number of rotatable bonds is 3. The Morgan fingerprint density at radius 3 is 2.45 bits per heavy atom. The Hall–Kier alpha value is -1.68. The van der Waals surface area contributed by atoms with E-state index in [0.29, 0.717) is 17.9 Å². The molecule has 3 nitrogen and oxygen atoms in total. The largest absolute Gasteiger partial charge is 0.462 e. The summed E-state index contributed by atoms with van der Waals surface area (Å²) >= 11 is 3.42. The van der Waals surface area contributed by atoms with Crippen molar-refractivity contribution in [3.05, 3.63) is 51.8 Å². The van der Waals surface area contributed by atoms with Gasteiger partial charge >= 0.3 is 5.97 Å². The predicted octanol–water partition coefficient (Wildman–Crippen LogP) is 4.30. The van der Waals surface area contributed by atoms with Crippen molar-refractivity contribution < 1.29 is 9.53 Å². The summed E-state index contributed by atoms with van der Waals surface area (Å²) in [6.45, 7) is 5.92. The van der Waals surface area contributed by atoms with E-state index in [1.165, 1.54) is 0 Å². The van der Waals surface area contributed by atoms with Crippen molar-refractivity contribution in [1.29, 1.82) is 0 Å². The van der Waals surface area contributed by atoms with Crippen LogP contribution in [0.3, 0.4) is 0 Å². The van der Waals surface area contributed by atoms with E-state index in [4.69, 9.17) is 4.74 Å². The third-order valence-corrected chi connectivity index (χ3v) is 3.58. The number of hydrogen-bond acceptors (Lipinski definition) is 3. The van der Waals surface area contributed by atoms with Gasteiger partial charge in [-0.05, 0) is 44.5 Å². The summed E-state index contributed by atoms with van der Waals surface area (Å²) in [5.41, 5.74) is 4.10. The Kier molecular flexibility index (Phi) is 4.55. The molecule has 0 saturated heterocycles. The zero-order valence-corrected chi connectivity index (χ0v) is 13.3. The molecule has 1 aromatic heterocycles. The van der Waals surface area contributed by atoms with E-state index in [1.807, 2.05) is 44.2 Å². The van der Waals surface area contributed by atoms with Crippen molar-refractivity contribution in [3.8, 4) is 11.1 Å². The first kappa shape index (κ1) is 14.7. The van der Waals surface area contributed by atoms with E-state index in [0.717, 1.165) is 21.3 Å². The second-order valence-corrected chi connectivity index (χ2v) is 5.40. The molecule has 0 bridgehead atoms. The first-order valence-corrected chi connectivity index (χ1v) is 7.23. The second-order valence-electron chi connectivity index (χ2n) is 4.48. The summed E-state index contributed by atoms with van der Waals surface area (Å²) in [5.74, 6) is -0.323. The number of pyridine rings is 1. The van der Waals surface area contributed by atoms with E-state index in [-0.39, 0.29) is 5.97 Å². The van der Waals surface area contributed by atoms with Crippen molar-refractivity contribution in [3.63, 3.8) is 0 Å². The number of aromatic nitrogens is 1. The smallest absolute Gasteiger partial charge is 0.339 e. The molecule has 0 radical (unpaired) electrons. The number of esters is 1. The maximum atomic E-state index is 11.9. The molecule has 1 aromatic carbocycles. The maximum absolute atomic E-state index is 11.9. The molecule has 0 amide bonds. The Labute approximate surface area is 127 Å². The van der Waals surface area contributed by atoms with Crippen molar-refractivity contribution in [1.82, 2.24) is 4.98 Å². The molecule has 104 valence electrons. The number of benzene rings is 1. The zero-order chi connectivity index (χ0) is 14.7. The molecule has 0 spiro atoms. The molecule has 0 N–H and O–H groups in total. The minimum atomic E-state index is -0.323. The molecular formula is C16H16BrNO2. The summed E-state index contributed by atoms with van der Waals surface area (Å²) in [7, 11) is 0. The molecular weight excluding hydrogens is 318 g/mol. The van der Waals surface area contributed by atoms with Gasteiger partial charge in [0, 0.05) is 15.7 Å². The van der Waals surface area contributed by atoms with E-state index in [1.54, 1.807) is 6.92 Å². The molecule has 0 aliphatic rings. The van der Waals surface area contributed by atoms with Crippen LogP contribution in [0, 0.1) is 13.8 Å². The summed E-state index contributed by atoms with van der Waals surface area (Å²) in [6, 6.07) is 9.80. The van der Waals surface area contributed by atoms with Gasteiger partial charge in [-0.25, -0.2) is 4.79 Å². The quantitative estimate of drug-likeness (QED) is 0.786. The third kappa shape index (κ3) is 3.07. The van der Waals surface area contributed by atoms with Crippen LogP contribution in [0.2, 0.25) is 0 Å². The standard InChI is InChI=1S/C16H16BrNO2/c1-4-20-16(19)15-9-14(10(2)18-11(15)3)12-5-7-13(17)8-6-12/h5-9H,4H2,1-3H3. The molecule has 0 unspecified atom stereocenters. The lowest BCUT2D eigenvalue weighted by atomic mass is 10.0. The normalized spacial score (nSPS) is 10.4. The van der Waals surface area contributed by atoms with Gasteiger partial charge in [0.1, 0.15) is 0 Å². The highest BCUT2D eigenvalue weighted by atomic mass is 79.9. The second kappa shape index (κ2) is 6.18. The van der Waals surface area contributed by atoms with Gasteiger partial charge in [0.15, 0.2) is 0 Å². The van der Waals surface area contributed by atoms with Gasteiger partial charge in [0.25, 0.3) is 0 Å². The van der Waals surface area contributed by atoms with Crippen LogP contribution in [0.15, 0.2) is 34.8 Å². The molecule has 4 heteroatoms. The molecule has 20 heavy (non-hydrogen) atoms. The lowest BCUT2D eigenvalue weighted by molar-refractivity contribution is 0.0525. The predicted molar refractivity (Wildman–Crippen MR) is 82.8 cm³/mol. The number of ether oxygens (including phenoxy) is 1. The molecule has 0 atom stereocenters. The molecule has 2 rings (SSSR count). The number of halogens is 1. The Balaban J connectivity index is 2.51. The fourth-order valence-corrected chi connectivity index (χ4v) is 2.33. The monoisotopic (exact) mass is 333 g/mol. The summed E-state index contributed by atoms with van der Waals surface area (Å²) in [6.07, 6.45) is 0. The van der Waals surface area contributed by atoms with Crippen LogP contribution >= 0.6 is 15.9 Å². The minimum absolute atomic E-state index is 0.323. The van der Waals surface area contributed by atoms with E-state index in [9.17, 15) is 4.79 Å². The van der Waals surface area contributed by atoms with E-state index >= 15 is 0 Å². The first-order valence-electron chi connectivity index (χ1n) is 6.44. The topological polar surface area (TPSA) is 39.2 Å². The Morgan fingerprint density at radius 1 is 1.20 bits per heavy atom. The highest BCUT2D eigenvalue weighted by molar-refractivity contribution is 9.10. The van der Waals surface area contributed by atoms with Gasteiger partial charge in [-0.2, -0.15) is 0 Å². The minimum Gasteiger partial charge on any atom is -0.462 e. The van der Waals surface area contributed by atoms with Crippen LogP contribution in [0.4, 0.5) is 0 Å². The number of carbonyl (C=O) groups excluding carboxylic acids is 1. The van der Waals surface area contributed by atoms with Crippen molar-refractivity contribution in [2.45, 2.75) is 20.8 Å². The Morgan fingerprint density at radius 2 is 1.85 bits per heavy atom. The van der Waals surface area contributed by atoms with Gasteiger partial charge in [-0.3, -0.25) is 4.98 Å². The van der Waals surface area contributed by atoms with Gasteiger partial charge < -0.3 is 4.74 Å². The zero-order valence-electron chi connectivity index (χ0n) is 11.7. The van der Waals surface area contributed by atoms with E-state index < -0.39 is 0 Å². The number of carbonyl (C=O) groups is 1.